The van der Waals surface area contributed by atoms with Gasteiger partial charge in [-0.05, 0) is 32.7 Å². The summed E-state index contributed by atoms with van der Waals surface area (Å²) in [4.78, 5) is 13.7. The summed E-state index contributed by atoms with van der Waals surface area (Å²) in [6.45, 7) is 1.85. The van der Waals surface area contributed by atoms with Gasteiger partial charge in [-0.2, -0.15) is 0 Å². The van der Waals surface area contributed by atoms with E-state index in [-0.39, 0.29) is 0 Å². The molecule has 16 heavy (non-hydrogen) atoms. The van der Waals surface area contributed by atoms with Crippen molar-refractivity contribution in [2.45, 2.75) is 38.1 Å². The fourth-order valence-corrected chi connectivity index (χ4v) is 2.64. The van der Waals surface area contributed by atoms with Gasteiger partial charge in [-0.3, -0.25) is 4.79 Å². The molecule has 0 atom stereocenters. The molecule has 1 saturated heterocycles. The van der Waals surface area contributed by atoms with Crippen molar-refractivity contribution in [3.63, 3.8) is 0 Å². The smallest absolute Gasteiger partial charge is 0.311 e. The second kappa shape index (κ2) is 4.72. The minimum Gasteiger partial charge on any atom is -0.481 e. The van der Waals surface area contributed by atoms with E-state index in [0.717, 1.165) is 0 Å². The number of ether oxygens (including phenoxy) is 1. The van der Waals surface area contributed by atoms with Gasteiger partial charge >= 0.3 is 5.97 Å². The molecular weight excluding hydrogens is 206 g/mol. The maximum atomic E-state index is 11.5. The van der Waals surface area contributed by atoms with E-state index in [4.69, 9.17) is 4.74 Å². The van der Waals surface area contributed by atoms with E-state index in [1.807, 2.05) is 0 Å². The first-order valence-corrected chi connectivity index (χ1v) is 6.15. The molecule has 0 spiro atoms. The summed E-state index contributed by atoms with van der Waals surface area (Å²) in [6.07, 6.45) is 5.04. The molecule has 0 radical (unpaired) electrons. The Labute approximate surface area is 96.6 Å². The van der Waals surface area contributed by atoms with Gasteiger partial charge in [-0.1, -0.05) is 6.42 Å². The van der Waals surface area contributed by atoms with E-state index in [2.05, 4.69) is 11.9 Å². The van der Waals surface area contributed by atoms with E-state index < -0.39 is 11.4 Å². The first kappa shape index (κ1) is 11.9. The lowest BCUT2D eigenvalue weighted by atomic mass is 9.78. The fraction of sp³-hybridized carbons (Fsp3) is 0.917. The molecule has 1 N–H and O–H groups in total. The number of rotatable bonds is 4. The Hall–Kier alpha value is -0.610. The van der Waals surface area contributed by atoms with Gasteiger partial charge < -0.3 is 14.7 Å². The van der Waals surface area contributed by atoms with E-state index in [1.54, 1.807) is 0 Å². The van der Waals surface area contributed by atoms with Crippen LogP contribution in [0.4, 0.5) is 0 Å². The topological polar surface area (TPSA) is 49.8 Å². The molecule has 4 nitrogen and oxygen atoms in total. The number of carbonyl (C=O) groups is 1. The lowest BCUT2D eigenvalue weighted by molar-refractivity contribution is -0.157. The van der Waals surface area contributed by atoms with Gasteiger partial charge in [0.25, 0.3) is 0 Å². The normalized spacial score (nSPS) is 25.4. The third kappa shape index (κ3) is 2.23. The van der Waals surface area contributed by atoms with Crippen LogP contribution in [0.3, 0.4) is 0 Å². The van der Waals surface area contributed by atoms with Gasteiger partial charge in [-0.25, -0.2) is 0 Å². The monoisotopic (exact) mass is 227 g/mol. The Kier molecular flexibility index (Phi) is 3.50. The summed E-state index contributed by atoms with van der Waals surface area (Å²) in [5.74, 6) is -0.651. The number of aliphatic carboxylic acids is 1. The molecule has 0 unspecified atom stereocenters. The SMILES string of the molecule is CN(CC1(C(=O)O)CCOCC1)C1CCC1. The summed E-state index contributed by atoms with van der Waals surface area (Å²) >= 11 is 0. The summed E-state index contributed by atoms with van der Waals surface area (Å²) in [5, 5.41) is 9.43. The predicted octanol–water partition coefficient (Wildman–Crippen LogP) is 1.35. The van der Waals surface area contributed by atoms with Crippen LogP contribution in [0.1, 0.15) is 32.1 Å². The third-order valence-electron chi connectivity index (χ3n) is 4.15. The Balaban J connectivity index is 1.98. The highest BCUT2D eigenvalue weighted by atomic mass is 16.5. The Morgan fingerprint density at radius 2 is 2.06 bits per heavy atom. The zero-order chi connectivity index (χ0) is 11.6. The van der Waals surface area contributed by atoms with Gasteiger partial charge in [-0.15, -0.1) is 0 Å². The van der Waals surface area contributed by atoms with Crippen LogP contribution >= 0.6 is 0 Å². The lowest BCUT2D eigenvalue weighted by Gasteiger charge is -2.42. The Bertz CT molecular complexity index is 257. The molecular formula is C12H21NO3. The van der Waals surface area contributed by atoms with Crippen LogP contribution in [-0.2, 0) is 9.53 Å². The number of hydrogen-bond donors (Lipinski definition) is 1. The Morgan fingerprint density at radius 3 is 2.50 bits per heavy atom. The van der Waals surface area contributed by atoms with Crippen molar-refractivity contribution < 1.29 is 14.6 Å². The molecule has 1 heterocycles. The zero-order valence-electron chi connectivity index (χ0n) is 9.95. The van der Waals surface area contributed by atoms with Crippen LogP contribution in [0.5, 0.6) is 0 Å². The van der Waals surface area contributed by atoms with E-state index >= 15 is 0 Å². The van der Waals surface area contributed by atoms with Crippen molar-refractivity contribution in [1.29, 1.82) is 0 Å². The van der Waals surface area contributed by atoms with Crippen molar-refractivity contribution >= 4 is 5.97 Å². The Morgan fingerprint density at radius 1 is 1.44 bits per heavy atom. The van der Waals surface area contributed by atoms with E-state index in [9.17, 15) is 9.90 Å². The van der Waals surface area contributed by atoms with Crippen LogP contribution < -0.4 is 0 Å². The number of carboxylic acid groups (broad SMARTS) is 1. The number of carboxylic acids is 1. The first-order valence-electron chi connectivity index (χ1n) is 6.15. The lowest BCUT2D eigenvalue weighted by Crippen LogP contribution is -2.49. The van der Waals surface area contributed by atoms with Gasteiger partial charge in [0.15, 0.2) is 0 Å². The fourth-order valence-electron chi connectivity index (χ4n) is 2.64. The average molecular weight is 227 g/mol. The summed E-state index contributed by atoms with van der Waals surface area (Å²) < 4.78 is 5.28. The maximum Gasteiger partial charge on any atom is 0.311 e. The highest BCUT2D eigenvalue weighted by Gasteiger charge is 2.42. The molecule has 1 aliphatic heterocycles. The highest BCUT2D eigenvalue weighted by Crippen LogP contribution is 2.34. The second-order valence-corrected chi connectivity index (χ2v) is 5.20. The molecule has 0 bridgehead atoms. The van der Waals surface area contributed by atoms with Gasteiger partial charge in [0.2, 0.25) is 0 Å². The zero-order valence-corrected chi connectivity index (χ0v) is 9.95. The quantitative estimate of drug-likeness (QED) is 0.787. The van der Waals surface area contributed by atoms with E-state index in [1.165, 1.54) is 19.3 Å². The van der Waals surface area contributed by atoms with Gasteiger partial charge in [0, 0.05) is 25.8 Å². The molecule has 2 aliphatic rings. The third-order valence-corrected chi connectivity index (χ3v) is 4.15. The van der Waals surface area contributed by atoms with Crippen LogP contribution in [0.15, 0.2) is 0 Å². The van der Waals surface area contributed by atoms with Crippen molar-refractivity contribution in [2.24, 2.45) is 5.41 Å². The van der Waals surface area contributed by atoms with Gasteiger partial charge in [0.1, 0.15) is 0 Å². The van der Waals surface area contributed by atoms with Crippen molar-refractivity contribution in [3.8, 4) is 0 Å². The van der Waals surface area contributed by atoms with Crippen molar-refractivity contribution in [2.75, 3.05) is 26.8 Å². The van der Waals surface area contributed by atoms with Crippen molar-refractivity contribution in [1.82, 2.24) is 4.90 Å². The maximum absolute atomic E-state index is 11.5. The average Bonchev–Trinajstić information content (AvgIpc) is 2.15. The number of hydrogen-bond acceptors (Lipinski definition) is 3. The molecule has 1 aliphatic carbocycles. The van der Waals surface area contributed by atoms with Crippen LogP contribution in [0.25, 0.3) is 0 Å². The van der Waals surface area contributed by atoms with Crippen LogP contribution in [0, 0.1) is 5.41 Å². The second-order valence-electron chi connectivity index (χ2n) is 5.20. The summed E-state index contributed by atoms with van der Waals surface area (Å²) in [6, 6.07) is 0.610. The largest absolute Gasteiger partial charge is 0.481 e. The van der Waals surface area contributed by atoms with Crippen LogP contribution in [0.2, 0.25) is 0 Å². The molecule has 4 heteroatoms. The van der Waals surface area contributed by atoms with Crippen LogP contribution in [-0.4, -0.2) is 48.8 Å². The molecule has 0 aromatic carbocycles. The van der Waals surface area contributed by atoms with E-state index in [0.29, 0.717) is 38.6 Å². The van der Waals surface area contributed by atoms with Crippen molar-refractivity contribution in [3.05, 3.63) is 0 Å². The minimum atomic E-state index is -0.651. The summed E-state index contributed by atoms with van der Waals surface area (Å²) in [7, 11) is 2.06. The molecule has 2 fully saturated rings. The molecule has 0 aromatic rings. The summed E-state index contributed by atoms with van der Waals surface area (Å²) in [5.41, 5.74) is -0.567. The standard InChI is InChI=1S/C12H21NO3/c1-13(10-3-2-4-10)9-12(11(14)15)5-7-16-8-6-12/h10H,2-9H2,1H3,(H,14,15). The molecule has 0 amide bonds. The molecule has 2 rings (SSSR count). The first-order chi connectivity index (χ1) is 7.64. The molecule has 92 valence electrons. The predicted molar refractivity (Wildman–Crippen MR) is 60.4 cm³/mol. The van der Waals surface area contributed by atoms with Gasteiger partial charge in [0.05, 0.1) is 5.41 Å². The number of nitrogens with zero attached hydrogens (tertiary/aromatic N) is 1. The molecule has 1 saturated carbocycles. The highest BCUT2D eigenvalue weighted by molar-refractivity contribution is 5.75. The molecule has 0 aromatic heterocycles. The minimum absolute atomic E-state index is 0.567.